The number of amides is 1. The number of nitrogens with one attached hydrogen (secondary N) is 1. The maximum absolute atomic E-state index is 12.1. The highest BCUT2D eigenvalue weighted by Gasteiger charge is 2.19. The van der Waals surface area contributed by atoms with Gasteiger partial charge in [-0.3, -0.25) is 9.69 Å². The van der Waals surface area contributed by atoms with E-state index in [2.05, 4.69) is 10.2 Å². The van der Waals surface area contributed by atoms with Crippen LogP contribution in [0.5, 0.6) is 0 Å². The first-order chi connectivity index (χ1) is 9.06. The van der Waals surface area contributed by atoms with Gasteiger partial charge < -0.3 is 10.4 Å². The van der Waals surface area contributed by atoms with Gasteiger partial charge in [-0.2, -0.15) is 0 Å². The number of carbonyl (C=O) groups is 1. The number of aliphatic hydroxyl groups is 1. The second kappa shape index (κ2) is 6.17. The number of aryl methyl sites for hydroxylation is 2. The Morgan fingerprint density at radius 3 is 2.47 bits per heavy atom. The summed E-state index contributed by atoms with van der Waals surface area (Å²) in [4.78, 5) is 14.1. The lowest BCUT2D eigenvalue weighted by Crippen LogP contribution is -2.40. The normalized spacial score (nSPS) is 17.4. The first kappa shape index (κ1) is 14.0. The Labute approximate surface area is 114 Å². The van der Waals surface area contributed by atoms with Crippen molar-refractivity contribution in [1.29, 1.82) is 0 Å². The minimum Gasteiger partial charge on any atom is -0.393 e. The SMILES string of the molecule is Cc1cccc(C)c1NC(=O)CN1CCC(O)CC1. The van der Waals surface area contributed by atoms with Crippen molar-refractivity contribution in [2.24, 2.45) is 0 Å². The lowest BCUT2D eigenvalue weighted by Gasteiger charge is -2.28. The summed E-state index contributed by atoms with van der Waals surface area (Å²) in [7, 11) is 0. The van der Waals surface area contributed by atoms with Gasteiger partial charge in [0.25, 0.3) is 0 Å². The predicted octanol–water partition coefficient (Wildman–Crippen LogP) is 1.70. The number of rotatable bonds is 3. The fourth-order valence-corrected chi connectivity index (χ4v) is 2.47. The predicted molar refractivity (Wildman–Crippen MR) is 76.2 cm³/mol. The van der Waals surface area contributed by atoms with Gasteiger partial charge in [0.05, 0.1) is 12.6 Å². The molecule has 0 unspecified atom stereocenters. The van der Waals surface area contributed by atoms with E-state index in [1.54, 1.807) is 0 Å². The molecule has 0 aromatic heterocycles. The van der Waals surface area contributed by atoms with Crippen molar-refractivity contribution in [3.05, 3.63) is 29.3 Å². The van der Waals surface area contributed by atoms with Crippen molar-refractivity contribution >= 4 is 11.6 Å². The highest BCUT2D eigenvalue weighted by molar-refractivity contribution is 5.93. The van der Waals surface area contributed by atoms with Crippen molar-refractivity contribution in [2.45, 2.75) is 32.8 Å². The number of carbonyl (C=O) groups excluding carboxylic acids is 1. The van der Waals surface area contributed by atoms with Crippen molar-refractivity contribution in [2.75, 3.05) is 25.0 Å². The third-order valence-electron chi connectivity index (χ3n) is 3.67. The molecule has 1 amide bonds. The topological polar surface area (TPSA) is 52.6 Å². The fraction of sp³-hybridized carbons (Fsp3) is 0.533. The molecule has 0 saturated carbocycles. The molecule has 1 fully saturated rings. The van der Waals surface area contributed by atoms with Gasteiger partial charge in [0, 0.05) is 18.8 Å². The first-order valence-corrected chi connectivity index (χ1v) is 6.83. The van der Waals surface area contributed by atoms with Gasteiger partial charge in [0.1, 0.15) is 0 Å². The number of benzene rings is 1. The number of para-hydroxylation sites is 1. The zero-order valence-corrected chi connectivity index (χ0v) is 11.6. The van der Waals surface area contributed by atoms with Crippen LogP contribution in [-0.4, -0.2) is 41.7 Å². The Bertz CT molecular complexity index is 431. The van der Waals surface area contributed by atoms with Crippen LogP contribution in [0.25, 0.3) is 0 Å². The molecule has 0 spiro atoms. The van der Waals surface area contributed by atoms with E-state index < -0.39 is 0 Å². The summed E-state index contributed by atoms with van der Waals surface area (Å²) >= 11 is 0. The Morgan fingerprint density at radius 2 is 1.89 bits per heavy atom. The Morgan fingerprint density at radius 1 is 1.32 bits per heavy atom. The number of aliphatic hydroxyl groups excluding tert-OH is 1. The maximum Gasteiger partial charge on any atom is 0.238 e. The van der Waals surface area contributed by atoms with Crippen LogP contribution >= 0.6 is 0 Å². The van der Waals surface area contributed by atoms with Crippen LogP contribution in [0.2, 0.25) is 0 Å². The molecule has 0 radical (unpaired) electrons. The third-order valence-corrected chi connectivity index (χ3v) is 3.67. The lowest BCUT2D eigenvalue weighted by atomic mass is 10.1. The van der Waals surface area contributed by atoms with Gasteiger partial charge in [0.15, 0.2) is 0 Å². The van der Waals surface area contributed by atoms with E-state index in [1.165, 1.54) is 0 Å². The van der Waals surface area contributed by atoms with Crippen molar-refractivity contribution in [1.82, 2.24) is 4.90 Å². The molecule has 1 aromatic rings. The average molecular weight is 262 g/mol. The van der Waals surface area contributed by atoms with Crippen LogP contribution in [0.1, 0.15) is 24.0 Å². The van der Waals surface area contributed by atoms with E-state index in [9.17, 15) is 9.90 Å². The number of likely N-dealkylation sites (tertiary alicyclic amines) is 1. The molecule has 19 heavy (non-hydrogen) atoms. The minimum absolute atomic E-state index is 0.0220. The van der Waals surface area contributed by atoms with Crippen LogP contribution in [0.3, 0.4) is 0 Å². The Kier molecular flexibility index (Phi) is 4.56. The van der Waals surface area contributed by atoms with Gasteiger partial charge in [-0.05, 0) is 37.8 Å². The highest BCUT2D eigenvalue weighted by atomic mass is 16.3. The lowest BCUT2D eigenvalue weighted by molar-refractivity contribution is -0.117. The van der Waals surface area contributed by atoms with Crippen molar-refractivity contribution < 1.29 is 9.90 Å². The average Bonchev–Trinajstić information content (AvgIpc) is 2.37. The van der Waals surface area contributed by atoms with Crippen molar-refractivity contribution in [3.63, 3.8) is 0 Å². The van der Waals surface area contributed by atoms with Gasteiger partial charge in [0.2, 0.25) is 5.91 Å². The number of piperidine rings is 1. The Balaban J connectivity index is 1.91. The number of hydrogen-bond donors (Lipinski definition) is 2. The number of hydrogen-bond acceptors (Lipinski definition) is 3. The molecule has 0 bridgehead atoms. The number of nitrogens with zero attached hydrogens (tertiary/aromatic N) is 1. The monoisotopic (exact) mass is 262 g/mol. The van der Waals surface area contributed by atoms with E-state index in [-0.39, 0.29) is 12.0 Å². The zero-order chi connectivity index (χ0) is 13.8. The van der Waals surface area contributed by atoms with Crippen LogP contribution in [0.15, 0.2) is 18.2 Å². The molecule has 2 rings (SSSR count). The summed E-state index contributed by atoms with van der Waals surface area (Å²) in [6.07, 6.45) is 1.32. The molecule has 4 heteroatoms. The van der Waals surface area contributed by atoms with E-state index in [0.717, 1.165) is 42.7 Å². The standard InChI is InChI=1S/C15H22N2O2/c1-11-4-3-5-12(2)15(11)16-14(19)10-17-8-6-13(18)7-9-17/h3-5,13,18H,6-10H2,1-2H3,(H,16,19). The molecule has 0 aliphatic carbocycles. The largest absolute Gasteiger partial charge is 0.393 e. The molecule has 1 aromatic carbocycles. The maximum atomic E-state index is 12.1. The summed E-state index contributed by atoms with van der Waals surface area (Å²) in [6.45, 7) is 5.99. The molecule has 1 saturated heterocycles. The van der Waals surface area contributed by atoms with Crippen molar-refractivity contribution in [3.8, 4) is 0 Å². The fourth-order valence-electron chi connectivity index (χ4n) is 2.47. The second-order valence-corrected chi connectivity index (χ2v) is 5.32. The van der Waals surface area contributed by atoms with E-state index >= 15 is 0 Å². The van der Waals surface area contributed by atoms with E-state index in [1.807, 2.05) is 32.0 Å². The highest BCUT2D eigenvalue weighted by Crippen LogP contribution is 2.19. The summed E-state index contributed by atoms with van der Waals surface area (Å²) in [6, 6.07) is 5.99. The molecular weight excluding hydrogens is 240 g/mol. The van der Waals surface area contributed by atoms with Gasteiger partial charge in [-0.15, -0.1) is 0 Å². The quantitative estimate of drug-likeness (QED) is 0.871. The smallest absolute Gasteiger partial charge is 0.238 e. The second-order valence-electron chi connectivity index (χ2n) is 5.32. The minimum atomic E-state index is -0.196. The van der Waals surface area contributed by atoms with Crippen LogP contribution in [0.4, 0.5) is 5.69 Å². The van der Waals surface area contributed by atoms with Crippen LogP contribution in [-0.2, 0) is 4.79 Å². The first-order valence-electron chi connectivity index (χ1n) is 6.83. The Hall–Kier alpha value is -1.39. The summed E-state index contributed by atoms with van der Waals surface area (Å²) in [5.74, 6) is 0.0220. The molecule has 1 aliphatic heterocycles. The molecule has 1 aliphatic rings. The molecule has 104 valence electrons. The van der Waals surface area contributed by atoms with Crippen LogP contribution in [0, 0.1) is 13.8 Å². The van der Waals surface area contributed by atoms with E-state index in [4.69, 9.17) is 0 Å². The summed E-state index contributed by atoms with van der Waals surface area (Å²) in [5, 5.41) is 12.4. The molecule has 0 atom stereocenters. The molecule has 2 N–H and O–H groups in total. The summed E-state index contributed by atoms with van der Waals surface area (Å²) in [5.41, 5.74) is 3.09. The third kappa shape index (κ3) is 3.78. The molecular formula is C15H22N2O2. The van der Waals surface area contributed by atoms with Gasteiger partial charge >= 0.3 is 0 Å². The van der Waals surface area contributed by atoms with Gasteiger partial charge in [-0.1, -0.05) is 18.2 Å². The molecule has 1 heterocycles. The number of anilines is 1. The zero-order valence-electron chi connectivity index (χ0n) is 11.6. The summed E-state index contributed by atoms with van der Waals surface area (Å²) < 4.78 is 0. The van der Waals surface area contributed by atoms with Gasteiger partial charge in [-0.25, -0.2) is 0 Å². The molecule has 4 nitrogen and oxygen atoms in total. The van der Waals surface area contributed by atoms with Crippen LogP contribution < -0.4 is 5.32 Å². The van der Waals surface area contributed by atoms with E-state index in [0.29, 0.717) is 6.54 Å².